The van der Waals surface area contributed by atoms with Crippen LogP contribution < -0.4 is 0 Å². The number of ether oxygens (including phenoxy) is 2. The van der Waals surface area contributed by atoms with Gasteiger partial charge < -0.3 is 19.5 Å². The zero-order chi connectivity index (χ0) is 14.9. The zero-order valence-corrected chi connectivity index (χ0v) is 12.3. The first-order valence-electron chi connectivity index (χ1n) is 5.92. The van der Waals surface area contributed by atoms with E-state index in [4.69, 9.17) is 14.7 Å². The van der Waals surface area contributed by atoms with E-state index < -0.39 is 0 Å². The van der Waals surface area contributed by atoms with E-state index in [0.717, 1.165) is 11.1 Å². The minimum Gasteiger partial charge on any atom is -0.501 e. The van der Waals surface area contributed by atoms with E-state index in [2.05, 4.69) is 15.1 Å². The SMILES string of the molecule is C.C.CCO/C=C(C)/C=N/O.CCO/C=C(C)/C=N/OC. The van der Waals surface area contributed by atoms with Crippen LogP contribution >= 0.6 is 0 Å². The topological polar surface area (TPSA) is 72.6 Å². The first-order valence-corrected chi connectivity index (χ1v) is 5.92. The molecule has 0 aromatic rings. The van der Waals surface area contributed by atoms with Crippen LogP contribution in [0.5, 0.6) is 0 Å². The molecule has 0 aliphatic carbocycles. The lowest BCUT2D eigenvalue weighted by Gasteiger charge is -1.93. The maximum Gasteiger partial charge on any atom is 0.106 e. The molecule has 0 aliphatic heterocycles. The van der Waals surface area contributed by atoms with Gasteiger partial charge in [0, 0.05) is 11.1 Å². The maximum absolute atomic E-state index is 8.01. The van der Waals surface area contributed by atoms with E-state index in [1.165, 1.54) is 13.3 Å². The molecule has 21 heavy (non-hydrogen) atoms. The summed E-state index contributed by atoms with van der Waals surface area (Å²) in [6, 6.07) is 0. The third-order valence-electron chi connectivity index (χ3n) is 1.49. The number of rotatable bonds is 7. The summed E-state index contributed by atoms with van der Waals surface area (Å²) in [6.45, 7) is 8.81. The van der Waals surface area contributed by atoms with Gasteiger partial charge in [0.25, 0.3) is 0 Å². The Morgan fingerprint density at radius 3 is 1.71 bits per heavy atom. The van der Waals surface area contributed by atoms with Gasteiger partial charge in [0.05, 0.1) is 38.2 Å². The highest BCUT2D eigenvalue weighted by Crippen LogP contribution is 1.88. The van der Waals surface area contributed by atoms with Gasteiger partial charge in [0.15, 0.2) is 0 Å². The summed E-state index contributed by atoms with van der Waals surface area (Å²) >= 11 is 0. The molecule has 0 saturated carbocycles. The van der Waals surface area contributed by atoms with Crippen molar-refractivity contribution < 1.29 is 19.5 Å². The lowest BCUT2D eigenvalue weighted by molar-refractivity contribution is 0.215. The van der Waals surface area contributed by atoms with Gasteiger partial charge in [-0.05, 0) is 27.7 Å². The molecule has 0 radical (unpaired) electrons. The molecule has 0 heterocycles. The Hall–Kier alpha value is -1.98. The molecule has 0 aromatic carbocycles. The first kappa shape index (κ1) is 27.4. The van der Waals surface area contributed by atoms with Crippen LogP contribution in [0, 0.1) is 0 Å². The quantitative estimate of drug-likeness (QED) is 0.331. The summed E-state index contributed by atoms with van der Waals surface area (Å²) in [5, 5.41) is 14.4. The van der Waals surface area contributed by atoms with Crippen LogP contribution in [0.1, 0.15) is 42.5 Å². The van der Waals surface area contributed by atoms with E-state index in [1.807, 2.05) is 20.8 Å². The van der Waals surface area contributed by atoms with Gasteiger partial charge in [-0.3, -0.25) is 0 Å². The smallest absolute Gasteiger partial charge is 0.106 e. The minimum atomic E-state index is 0. The molecule has 0 atom stereocenters. The largest absolute Gasteiger partial charge is 0.501 e. The van der Waals surface area contributed by atoms with Crippen molar-refractivity contribution in [3.63, 3.8) is 0 Å². The lowest BCUT2D eigenvalue weighted by Crippen LogP contribution is -1.83. The second kappa shape index (κ2) is 23.1. The predicted molar refractivity (Wildman–Crippen MR) is 90.0 cm³/mol. The van der Waals surface area contributed by atoms with Gasteiger partial charge >= 0.3 is 0 Å². The van der Waals surface area contributed by atoms with Gasteiger partial charge in [-0.2, -0.15) is 0 Å². The zero-order valence-electron chi connectivity index (χ0n) is 12.3. The van der Waals surface area contributed by atoms with Crippen LogP contribution in [0.4, 0.5) is 0 Å². The molecule has 1 N–H and O–H groups in total. The van der Waals surface area contributed by atoms with Crippen LogP contribution in [0.3, 0.4) is 0 Å². The highest BCUT2D eigenvalue weighted by molar-refractivity contribution is 5.76. The number of allylic oxidation sites excluding steroid dienone is 2. The van der Waals surface area contributed by atoms with Gasteiger partial charge in [0.1, 0.15) is 7.11 Å². The van der Waals surface area contributed by atoms with E-state index in [-0.39, 0.29) is 14.9 Å². The molecule has 126 valence electrons. The lowest BCUT2D eigenvalue weighted by atomic mass is 10.4. The van der Waals surface area contributed by atoms with Crippen LogP contribution in [-0.2, 0) is 14.3 Å². The number of oxime groups is 2. The van der Waals surface area contributed by atoms with Crippen molar-refractivity contribution in [3.8, 4) is 0 Å². The maximum atomic E-state index is 8.01. The average Bonchev–Trinajstić information content (AvgIpc) is 2.41. The Kier molecular flexibility index (Phi) is 30.2. The summed E-state index contributed by atoms with van der Waals surface area (Å²) < 4.78 is 9.87. The van der Waals surface area contributed by atoms with Crippen molar-refractivity contribution in [1.82, 2.24) is 0 Å². The molecule has 0 amide bonds. The molecule has 0 unspecified atom stereocenters. The fourth-order valence-electron chi connectivity index (χ4n) is 0.717. The standard InChI is InChI=1S/C7H13NO2.C6H11NO2.2CH4/c1-4-10-6-7(2)5-8-9-3;1-3-9-5-6(2)4-7-8;;/h5-6H,4H2,1-3H3;4-5,8H,3H2,1-2H3;2*1H4/b7-6+,8-5+;6-5+,7-4+;;. The van der Waals surface area contributed by atoms with Gasteiger partial charge in [-0.1, -0.05) is 25.2 Å². The van der Waals surface area contributed by atoms with Gasteiger partial charge in [-0.25, -0.2) is 0 Å². The second-order valence-electron chi connectivity index (χ2n) is 3.30. The third-order valence-corrected chi connectivity index (χ3v) is 1.49. The van der Waals surface area contributed by atoms with E-state index in [9.17, 15) is 0 Å². The normalized spacial score (nSPS) is 11.1. The Balaban J connectivity index is -0.000000126. The molecule has 0 fully saturated rings. The Morgan fingerprint density at radius 2 is 1.38 bits per heavy atom. The highest BCUT2D eigenvalue weighted by atomic mass is 16.6. The van der Waals surface area contributed by atoms with Crippen LogP contribution in [0.25, 0.3) is 0 Å². The first-order chi connectivity index (χ1) is 9.12. The molecule has 0 saturated heterocycles. The molecule has 0 rings (SSSR count). The number of hydrogen-bond donors (Lipinski definition) is 1. The molecule has 6 heteroatoms. The Labute approximate surface area is 129 Å². The molecular formula is C15H32N2O4. The van der Waals surface area contributed by atoms with Crippen LogP contribution in [0.2, 0.25) is 0 Å². The van der Waals surface area contributed by atoms with Crippen LogP contribution in [0.15, 0.2) is 34.0 Å². The Morgan fingerprint density at radius 1 is 0.952 bits per heavy atom. The average molecular weight is 304 g/mol. The minimum absolute atomic E-state index is 0. The summed E-state index contributed by atoms with van der Waals surface area (Å²) in [5.41, 5.74) is 1.73. The molecule has 0 aromatic heterocycles. The monoisotopic (exact) mass is 304 g/mol. The van der Waals surface area contributed by atoms with Crippen molar-refractivity contribution >= 4 is 12.4 Å². The molecule has 6 nitrogen and oxygen atoms in total. The van der Waals surface area contributed by atoms with Gasteiger partial charge in [0.2, 0.25) is 0 Å². The van der Waals surface area contributed by atoms with Crippen molar-refractivity contribution in [2.75, 3.05) is 20.3 Å². The third kappa shape index (κ3) is 27.3. The predicted octanol–water partition coefficient (Wildman–Crippen LogP) is 4.22. The molecular weight excluding hydrogens is 272 g/mol. The van der Waals surface area contributed by atoms with Crippen molar-refractivity contribution in [2.45, 2.75) is 42.5 Å². The van der Waals surface area contributed by atoms with E-state index >= 15 is 0 Å². The summed E-state index contributed by atoms with van der Waals surface area (Å²) in [5.74, 6) is 0. The summed E-state index contributed by atoms with van der Waals surface area (Å²) in [4.78, 5) is 4.47. The van der Waals surface area contributed by atoms with E-state index in [1.54, 1.807) is 25.7 Å². The molecule has 0 aliphatic rings. The molecule has 0 bridgehead atoms. The molecule has 0 spiro atoms. The Bertz CT molecular complexity index is 311. The summed E-state index contributed by atoms with van der Waals surface area (Å²) in [6.07, 6.45) is 6.09. The number of nitrogens with zero attached hydrogens (tertiary/aromatic N) is 2. The van der Waals surface area contributed by atoms with Gasteiger partial charge in [-0.15, -0.1) is 0 Å². The van der Waals surface area contributed by atoms with Crippen LogP contribution in [-0.4, -0.2) is 38.0 Å². The fourth-order valence-corrected chi connectivity index (χ4v) is 0.717. The second-order valence-corrected chi connectivity index (χ2v) is 3.30. The van der Waals surface area contributed by atoms with Crippen molar-refractivity contribution in [2.24, 2.45) is 10.3 Å². The summed E-state index contributed by atoms with van der Waals surface area (Å²) in [7, 11) is 1.50. The van der Waals surface area contributed by atoms with Crippen molar-refractivity contribution in [3.05, 3.63) is 23.7 Å². The fraction of sp³-hybridized carbons (Fsp3) is 0.600. The number of hydrogen-bond acceptors (Lipinski definition) is 6. The van der Waals surface area contributed by atoms with Crippen molar-refractivity contribution in [1.29, 1.82) is 0 Å². The van der Waals surface area contributed by atoms with E-state index in [0.29, 0.717) is 13.2 Å². The highest BCUT2D eigenvalue weighted by Gasteiger charge is 1.81.